The van der Waals surface area contributed by atoms with Crippen molar-refractivity contribution in [3.05, 3.63) is 46.8 Å². The lowest BCUT2D eigenvalue weighted by molar-refractivity contribution is 0.459. The molecule has 1 aromatic heterocycles. The molecule has 0 aliphatic rings. The molecule has 0 atom stereocenters. The maximum Gasteiger partial charge on any atom is 0.222 e. The lowest BCUT2D eigenvalue weighted by Gasteiger charge is -2.04. The molecule has 0 saturated heterocycles. The van der Waals surface area contributed by atoms with E-state index in [4.69, 9.17) is 4.74 Å². The van der Waals surface area contributed by atoms with Gasteiger partial charge in [0.2, 0.25) is 5.88 Å². The Morgan fingerprint density at radius 3 is 2.87 bits per heavy atom. The van der Waals surface area contributed by atoms with Gasteiger partial charge in [-0.3, -0.25) is 0 Å². The van der Waals surface area contributed by atoms with Crippen molar-refractivity contribution in [2.75, 3.05) is 0 Å². The highest BCUT2D eigenvalue weighted by Gasteiger charge is 1.99. The molecule has 0 aliphatic heterocycles. The first-order valence-electron chi connectivity index (χ1n) is 4.47. The van der Waals surface area contributed by atoms with Crippen LogP contribution in [0.4, 0.5) is 0 Å². The molecule has 1 heterocycles. The molecule has 0 amide bonds. The van der Waals surface area contributed by atoms with E-state index in [0.29, 0.717) is 11.7 Å². The summed E-state index contributed by atoms with van der Waals surface area (Å²) in [5.41, 5.74) is 0. The van der Waals surface area contributed by atoms with E-state index in [2.05, 4.69) is 25.9 Å². The first-order valence-corrected chi connectivity index (χ1v) is 5.26. The number of halogens is 1. The standard InChI is InChI=1S/C11H9BrN2O/c1-8-13-6-5-11(14-8)15-10-4-2-3-9(12)7-10/h2-7H,1H3. The Labute approximate surface area is 96.3 Å². The van der Waals surface area contributed by atoms with Gasteiger partial charge in [0.1, 0.15) is 11.6 Å². The highest BCUT2D eigenvalue weighted by molar-refractivity contribution is 9.10. The first kappa shape index (κ1) is 10.1. The number of nitrogens with zero attached hydrogens (tertiary/aromatic N) is 2. The van der Waals surface area contributed by atoms with Gasteiger partial charge in [-0.15, -0.1) is 0 Å². The Kier molecular flexibility index (Phi) is 2.97. The molecular formula is C11H9BrN2O. The van der Waals surface area contributed by atoms with Crippen LogP contribution >= 0.6 is 15.9 Å². The molecule has 15 heavy (non-hydrogen) atoms. The zero-order chi connectivity index (χ0) is 10.7. The van der Waals surface area contributed by atoms with Crippen molar-refractivity contribution in [1.82, 2.24) is 9.97 Å². The van der Waals surface area contributed by atoms with Gasteiger partial charge in [0.25, 0.3) is 0 Å². The molecule has 2 rings (SSSR count). The van der Waals surface area contributed by atoms with E-state index in [1.54, 1.807) is 12.3 Å². The van der Waals surface area contributed by atoms with Crippen LogP contribution in [0.1, 0.15) is 5.82 Å². The van der Waals surface area contributed by atoms with Gasteiger partial charge in [0.05, 0.1) is 0 Å². The van der Waals surface area contributed by atoms with Crippen LogP contribution < -0.4 is 4.74 Å². The molecule has 0 spiro atoms. The number of ether oxygens (including phenoxy) is 1. The third kappa shape index (κ3) is 2.76. The maximum atomic E-state index is 5.56. The van der Waals surface area contributed by atoms with Crippen LogP contribution in [-0.4, -0.2) is 9.97 Å². The van der Waals surface area contributed by atoms with Crippen molar-refractivity contribution < 1.29 is 4.74 Å². The predicted octanol–water partition coefficient (Wildman–Crippen LogP) is 3.34. The summed E-state index contributed by atoms with van der Waals surface area (Å²) in [6.07, 6.45) is 1.68. The summed E-state index contributed by atoms with van der Waals surface area (Å²) in [5, 5.41) is 0. The summed E-state index contributed by atoms with van der Waals surface area (Å²) in [7, 11) is 0. The summed E-state index contributed by atoms with van der Waals surface area (Å²) in [4.78, 5) is 8.15. The Hall–Kier alpha value is -1.42. The van der Waals surface area contributed by atoms with Gasteiger partial charge in [-0.1, -0.05) is 22.0 Å². The van der Waals surface area contributed by atoms with Gasteiger partial charge in [-0.2, -0.15) is 4.98 Å². The van der Waals surface area contributed by atoms with Crippen molar-refractivity contribution >= 4 is 15.9 Å². The highest BCUT2D eigenvalue weighted by Crippen LogP contribution is 2.22. The van der Waals surface area contributed by atoms with E-state index in [1.165, 1.54) is 0 Å². The van der Waals surface area contributed by atoms with Crippen LogP contribution in [0.2, 0.25) is 0 Å². The fourth-order valence-electron chi connectivity index (χ4n) is 1.14. The van der Waals surface area contributed by atoms with Gasteiger partial charge in [0.15, 0.2) is 0 Å². The third-order valence-corrected chi connectivity index (χ3v) is 2.26. The van der Waals surface area contributed by atoms with Gasteiger partial charge >= 0.3 is 0 Å². The maximum absolute atomic E-state index is 5.56. The predicted molar refractivity (Wildman–Crippen MR) is 61.0 cm³/mol. The molecule has 4 heteroatoms. The average molecular weight is 265 g/mol. The topological polar surface area (TPSA) is 35.0 Å². The van der Waals surface area contributed by atoms with Crippen molar-refractivity contribution in [1.29, 1.82) is 0 Å². The average Bonchev–Trinajstić information content (AvgIpc) is 2.17. The monoisotopic (exact) mass is 264 g/mol. The SMILES string of the molecule is Cc1nccc(Oc2cccc(Br)c2)n1. The number of rotatable bonds is 2. The molecule has 0 saturated carbocycles. The molecule has 2 aromatic rings. The third-order valence-electron chi connectivity index (χ3n) is 1.77. The first-order chi connectivity index (χ1) is 7.24. The zero-order valence-corrected chi connectivity index (χ0v) is 9.73. The lowest BCUT2D eigenvalue weighted by Crippen LogP contribution is -1.91. The molecule has 0 radical (unpaired) electrons. The van der Waals surface area contributed by atoms with Crippen molar-refractivity contribution in [2.24, 2.45) is 0 Å². The Morgan fingerprint density at radius 2 is 2.13 bits per heavy atom. The van der Waals surface area contributed by atoms with Gasteiger partial charge in [-0.05, 0) is 25.1 Å². The van der Waals surface area contributed by atoms with Crippen molar-refractivity contribution in [3.63, 3.8) is 0 Å². The number of aryl methyl sites for hydroxylation is 1. The summed E-state index contributed by atoms with van der Waals surface area (Å²) in [6, 6.07) is 9.35. The van der Waals surface area contributed by atoms with Crippen molar-refractivity contribution in [3.8, 4) is 11.6 Å². The lowest BCUT2D eigenvalue weighted by atomic mass is 10.3. The highest BCUT2D eigenvalue weighted by atomic mass is 79.9. The second-order valence-electron chi connectivity index (χ2n) is 3.00. The van der Waals surface area contributed by atoms with Crippen LogP contribution in [0.3, 0.4) is 0 Å². The van der Waals surface area contributed by atoms with E-state index in [0.717, 1.165) is 10.2 Å². The van der Waals surface area contributed by atoms with E-state index >= 15 is 0 Å². The molecule has 76 valence electrons. The van der Waals surface area contributed by atoms with E-state index < -0.39 is 0 Å². The van der Waals surface area contributed by atoms with Crippen LogP contribution in [0, 0.1) is 6.92 Å². The van der Waals surface area contributed by atoms with E-state index in [-0.39, 0.29) is 0 Å². The molecule has 0 bridgehead atoms. The molecule has 1 aromatic carbocycles. The largest absolute Gasteiger partial charge is 0.439 e. The molecular weight excluding hydrogens is 256 g/mol. The zero-order valence-electron chi connectivity index (χ0n) is 8.14. The normalized spacial score (nSPS) is 10.0. The number of hydrogen-bond acceptors (Lipinski definition) is 3. The quantitative estimate of drug-likeness (QED) is 0.835. The summed E-state index contributed by atoms with van der Waals surface area (Å²) in [6.45, 7) is 1.83. The minimum absolute atomic E-state index is 0.556. The fourth-order valence-corrected chi connectivity index (χ4v) is 1.52. The molecule has 0 fully saturated rings. The van der Waals surface area contributed by atoms with Gasteiger partial charge in [-0.25, -0.2) is 4.98 Å². The smallest absolute Gasteiger partial charge is 0.222 e. The van der Waals surface area contributed by atoms with Crippen LogP contribution in [0.25, 0.3) is 0 Å². The molecule has 3 nitrogen and oxygen atoms in total. The minimum atomic E-state index is 0.556. The molecule has 0 aliphatic carbocycles. The van der Waals surface area contributed by atoms with Gasteiger partial charge in [0, 0.05) is 16.7 Å². The fraction of sp³-hybridized carbons (Fsp3) is 0.0909. The van der Waals surface area contributed by atoms with E-state index in [9.17, 15) is 0 Å². The summed E-state index contributed by atoms with van der Waals surface area (Å²) in [5.74, 6) is 2.01. The number of hydrogen-bond donors (Lipinski definition) is 0. The summed E-state index contributed by atoms with van der Waals surface area (Å²) < 4.78 is 6.54. The second kappa shape index (κ2) is 4.40. The van der Waals surface area contributed by atoms with Crippen LogP contribution in [-0.2, 0) is 0 Å². The van der Waals surface area contributed by atoms with Crippen molar-refractivity contribution in [2.45, 2.75) is 6.92 Å². The number of aromatic nitrogens is 2. The molecule has 0 unspecified atom stereocenters. The minimum Gasteiger partial charge on any atom is -0.439 e. The van der Waals surface area contributed by atoms with Gasteiger partial charge < -0.3 is 4.74 Å². The summed E-state index contributed by atoms with van der Waals surface area (Å²) >= 11 is 3.38. The molecule has 0 N–H and O–H groups in total. The van der Waals surface area contributed by atoms with Crippen LogP contribution in [0.5, 0.6) is 11.6 Å². The van der Waals surface area contributed by atoms with Crippen LogP contribution in [0.15, 0.2) is 41.0 Å². The second-order valence-corrected chi connectivity index (χ2v) is 3.92. The Morgan fingerprint density at radius 1 is 1.27 bits per heavy atom. The Balaban J connectivity index is 2.22. The number of benzene rings is 1. The van der Waals surface area contributed by atoms with E-state index in [1.807, 2.05) is 31.2 Å². The Bertz CT molecular complexity index is 430.